The Bertz CT molecular complexity index is 1130. The third-order valence-corrected chi connectivity index (χ3v) is 5.42. The van der Waals surface area contributed by atoms with Crippen LogP contribution in [0.25, 0.3) is 22.2 Å². The summed E-state index contributed by atoms with van der Waals surface area (Å²) in [4.78, 5) is 4.58. The molecule has 0 radical (unpaired) electrons. The smallest absolute Gasteiger partial charge is 0.156 e. The molecule has 2 aromatic heterocycles. The third-order valence-electron chi connectivity index (χ3n) is 4.16. The van der Waals surface area contributed by atoms with Crippen LogP contribution in [0.2, 0.25) is 0 Å². The zero-order valence-corrected chi connectivity index (χ0v) is 17.4. The summed E-state index contributed by atoms with van der Waals surface area (Å²) in [5.74, 6) is 0.913. The van der Waals surface area contributed by atoms with Gasteiger partial charge >= 0.3 is 0 Å². The SMILES string of the molecule is COc1ccc(-c2cn(Cc3ccc4c(Br)cc(Br)c(O)c4n3)nn2)cc1. The van der Waals surface area contributed by atoms with Crippen LogP contribution in [0.15, 0.2) is 57.6 Å². The van der Waals surface area contributed by atoms with Crippen LogP contribution in [0.1, 0.15) is 5.69 Å². The summed E-state index contributed by atoms with van der Waals surface area (Å²) in [5.41, 5.74) is 3.03. The lowest BCUT2D eigenvalue weighted by Gasteiger charge is -2.07. The van der Waals surface area contributed by atoms with Crippen LogP contribution < -0.4 is 4.74 Å². The number of benzene rings is 2. The number of fused-ring (bicyclic) bond motifs is 1. The predicted octanol–water partition coefficient (Wildman–Crippen LogP) is 4.78. The first-order valence-electron chi connectivity index (χ1n) is 8.06. The molecule has 0 aliphatic heterocycles. The monoisotopic (exact) mass is 488 g/mol. The molecule has 0 fully saturated rings. The second-order valence-corrected chi connectivity index (χ2v) is 7.63. The Kier molecular flexibility index (Phi) is 4.84. The predicted molar refractivity (Wildman–Crippen MR) is 110 cm³/mol. The fourth-order valence-corrected chi connectivity index (χ4v) is 4.04. The second-order valence-electron chi connectivity index (χ2n) is 5.92. The summed E-state index contributed by atoms with van der Waals surface area (Å²) in [6, 6.07) is 13.3. The molecule has 0 amide bonds. The van der Waals surface area contributed by atoms with Gasteiger partial charge in [-0.25, -0.2) is 9.67 Å². The van der Waals surface area contributed by atoms with Gasteiger partial charge in [-0.1, -0.05) is 21.1 Å². The van der Waals surface area contributed by atoms with Crippen LogP contribution in [-0.4, -0.2) is 32.2 Å². The average Bonchev–Trinajstić information content (AvgIpc) is 3.14. The average molecular weight is 490 g/mol. The zero-order chi connectivity index (χ0) is 19.0. The second kappa shape index (κ2) is 7.28. The van der Waals surface area contributed by atoms with Gasteiger partial charge < -0.3 is 9.84 Å². The maximum Gasteiger partial charge on any atom is 0.156 e. The van der Waals surface area contributed by atoms with E-state index < -0.39 is 0 Å². The Labute approximate surface area is 172 Å². The summed E-state index contributed by atoms with van der Waals surface area (Å²) in [6.07, 6.45) is 1.87. The Morgan fingerprint density at radius 1 is 1.07 bits per heavy atom. The van der Waals surface area contributed by atoms with E-state index >= 15 is 0 Å². The van der Waals surface area contributed by atoms with Crippen LogP contribution >= 0.6 is 31.9 Å². The molecular formula is C19H14Br2N4O2. The largest absolute Gasteiger partial charge is 0.505 e. The molecule has 8 heteroatoms. The number of aromatic hydroxyl groups is 1. The lowest BCUT2D eigenvalue weighted by Crippen LogP contribution is -2.02. The molecule has 1 N–H and O–H groups in total. The fourth-order valence-electron chi connectivity index (χ4n) is 2.77. The normalized spacial score (nSPS) is 11.1. The molecule has 136 valence electrons. The Balaban J connectivity index is 1.62. The number of aromatic nitrogens is 4. The quantitative estimate of drug-likeness (QED) is 0.446. The van der Waals surface area contributed by atoms with Crippen molar-refractivity contribution in [3.8, 4) is 22.8 Å². The highest BCUT2D eigenvalue weighted by Crippen LogP contribution is 2.36. The van der Waals surface area contributed by atoms with E-state index in [4.69, 9.17) is 4.74 Å². The number of halogens is 2. The van der Waals surface area contributed by atoms with Gasteiger partial charge in [0.05, 0.1) is 30.0 Å². The van der Waals surface area contributed by atoms with E-state index in [-0.39, 0.29) is 5.75 Å². The van der Waals surface area contributed by atoms with Crippen molar-refractivity contribution < 1.29 is 9.84 Å². The number of phenols is 1. The molecule has 0 aliphatic rings. The topological polar surface area (TPSA) is 73.1 Å². The maximum absolute atomic E-state index is 10.3. The molecule has 0 unspecified atom stereocenters. The van der Waals surface area contributed by atoms with Gasteiger partial charge in [0.2, 0.25) is 0 Å². The van der Waals surface area contributed by atoms with Gasteiger partial charge in [0, 0.05) is 15.4 Å². The lowest BCUT2D eigenvalue weighted by atomic mass is 10.1. The highest BCUT2D eigenvalue weighted by molar-refractivity contribution is 9.11. The molecule has 4 rings (SSSR count). The minimum absolute atomic E-state index is 0.118. The van der Waals surface area contributed by atoms with Gasteiger partial charge in [-0.3, -0.25) is 0 Å². The van der Waals surface area contributed by atoms with Crippen molar-refractivity contribution in [2.45, 2.75) is 6.54 Å². The number of hydrogen-bond acceptors (Lipinski definition) is 5. The molecule has 4 aromatic rings. The van der Waals surface area contributed by atoms with E-state index in [1.165, 1.54) is 0 Å². The minimum Gasteiger partial charge on any atom is -0.505 e. The maximum atomic E-state index is 10.3. The number of phenolic OH excluding ortho intramolecular Hbond substituents is 1. The Morgan fingerprint density at radius 3 is 2.59 bits per heavy atom. The Morgan fingerprint density at radius 2 is 1.85 bits per heavy atom. The van der Waals surface area contributed by atoms with E-state index in [1.54, 1.807) is 17.9 Å². The van der Waals surface area contributed by atoms with Gasteiger partial charge in [0.15, 0.2) is 5.75 Å². The summed E-state index contributed by atoms with van der Waals surface area (Å²) >= 11 is 6.84. The van der Waals surface area contributed by atoms with Crippen LogP contribution in [0.3, 0.4) is 0 Å². The molecule has 0 spiro atoms. The van der Waals surface area contributed by atoms with Gasteiger partial charge in [-0.15, -0.1) is 5.10 Å². The summed E-state index contributed by atoms with van der Waals surface area (Å²) in [7, 11) is 1.64. The van der Waals surface area contributed by atoms with Crippen LogP contribution in [0.5, 0.6) is 11.5 Å². The zero-order valence-electron chi connectivity index (χ0n) is 14.2. The first-order chi connectivity index (χ1) is 13.0. The Hall–Kier alpha value is -2.45. The van der Waals surface area contributed by atoms with E-state index in [1.807, 2.05) is 42.6 Å². The highest BCUT2D eigenvalue weighted by atomic mass is 79.9. The van der Waals surface area contributed by atoms with Crippen molar-refractivity contribution >= 4 is 42.8 Å². The molecule has 27 heavy (non-hydrogen) atoms. The van der Waals surface area contributed by atoms with Crippen molar-refractivity contribution in [2.75, 3.05) is 7.11 Å². The number of pyridine rings is 1. The van der Waals surface area contributed by atoms with Crippen molar-refractivity contribution in [1.29, 1.82) is 0 Å². The molecule has 0 saturated carbocycles. The third kappa shape index (κ3) is 3.54. The lowest BCUT2D eigenvalue weighted by molar-refractivity contribution is 0.415. The molecular weight excluding hydrogens is 476 g/mol. The highest BCUT2D eigenvalue weighted by Gasteiger charge is 2.12. The standard InChI is InChI=1S/C19H14Br2N4O2/c1-27-13-5-2-11(3-6-13)17-10-25(24-23-17)9-12-4-7-14-15(20)8-16(21)19(26)18(14)22-12/h2-8,10,26H,9H2,1H3. The first kappa shape index (κ1) is 17.9. The van der Waals surface area contributed by atoms with Crippen molar-refractivity contribution in [2.24, 2.45) is 0 Å². The van der Waals surface area contributed by atoms with Crippen molar-refractivity contribution in [3.63, 3.8) is 0 Å². The minimum atomic E-state index is 0.118. The van der Waals surface area contributed by atoms with Crippen LogP contribution in [0, 0.1) is 0 Å². The molecule has 2 heterocycles. The summed E-state index contributed by atoms with van der Waals surface area (Å²) < 4.78 is 8.35. The van der Waals surface area contributed by atoms with Crippen LogP contribution in [0.4, 0.5) is 0 Å². The van der Waals surface area contributed by atoms with Gasteiger partial charge in [-0.2, -0.15) is 0 Å². The van der Waals surface area contributed by atoms with Gasteiger partial charge in [-0.05, 0) is 58.4 Å². The molecule has 0 atom stereocenters. The number of methoxy groups -OCH3 is 1. The summed E-state index contributed by atoms with van der Waals surface area (Å²) in [5, 5.41) is 19.5. The fraction of sp³-hybridized carbons (Fsp3) is 0.105. The van der Waals surface area contributed by atoms with E-state index in [0.29, 0.717) is 16.5 Å². The number of nitrogens with zero attached hydrogens (tertiary/aromatic N) is 4. The molecule has 0 bridgehead atoms. The number of rotatable bonds is 4. The van der Waals surface area contributed by atoms with Crippen LogP contribution in [-0.2, 0) is 6.54 Å². The van der Waals surface area contributed by atoms with Crippen molar-refractivity contribution in [1.82, 2.24) is 20.0 Å². The number of ether oxygens (including phenoxy) is 1. The molecule has 0 saturated heterocycles. The van der Waals surface area contributed by atoms with E-state index in [9.17, 15) is 5.11 Å². The van der Waals surface area contributed by atoms with Crippen molar-refractivity contribution in [3.05, 3.63) is 63.3 Å². The molecule has 2 aromatic carbocycles. The molecule has 0 aliphatic carbocycles. The summed E-state index contributed by atoms with van der Waals surface area (Å²) in [6.45, 7) is 0.447. The molecule has 6 nitrogen and oxygen atoms in total. The van der Waals surface area contributed by atoms with Gasteiger partial charge in [0.1, 0.15) is 17.0 Å². The van der Waals surface area contributed by atoms with E-state index in [2.05, 4.69) is 47.2 Å². The first-order valence-corrected chi connectivity index (χ1v) is 9.65. The van der Waals surface area contributed by atoms with E-state index in [0.717, 1.165) is 32.6 Å². The van der Waals surface area contributed by atoms with Gasteiger partial charge in [0.25, 0.3) is 0 Å². The number of hydrogen-bond donors (Lipinski definition) is 1.